The van der Waals surface area contributed by atoms with E-state index in [0.29, 0.717) is 0 Å². The van der Waals surface area contributed by atoms with Crippen molar-refractivity contribution in [2.45, 2.75) is 39.0 Å². The van der Waals surface area contributed by atoms with Gasteiger partial charge in [-0.05, 0) is 12.8 Å². The van der Waals surface area contributed by atoms with Gasteiger partial charge in [-0.2, -0.15) is 0 Å². The summed E-state index contributed by atoms with van der Waals surface area (Å²) in [6, 6.07) is 0. The van der Waals surface area contributed by atoms with Crippen molar-refractivity contribution in [1.82, 2.24) is 4.90 Å². The fraction of sp³-hybridized carbons (Fsp3) is 0.727. The van der Waals surface area contributed by atoms with Crippen LogP contribution in [0, 0.1) is 0 Å². The van der Waals surface area contributed by atoms with Crippen LogP contribution in [-0.2, 0) is 4.79 Å². The van der Waals surface area contributed by atoms with Gasteiger partial charge in [0.25, 0.3) is 0 Å². The molecule has 3 nitrogen and oxygen atoms in total. The van der Waals surface area contributed by atoms with Gasteiger partial charge < -0.3 is 10.6 Å². The van der Waals surface area contributed by atoms with Crippen LogP contribution < -0.4 is 5.73 Å². The number of hydrogen-bond acceptors (Lipinski definition) is 2. The SMILES string of the molecule is CCCCCC/C(=C\N(C)C)C(N)=O. The smallest absolute Gasteiger partial charge is 0.246 e. The Labute approximate surface area is 87.0 Å². The molecular weight excluding hydrogens is 176 g/mol. The van der Waals surface area contributed by atoms with E-state index in [4.69, 9.17) is 5.73 Å². The molecule has 0 radical (unpaired) electrons. The Morgan fingerprint density at radius 1 is 1.29 bits per heavy atom. The zero-order valence-electron chi connectivity index (χ0n) is 9.55. The van der Waals surface area contributed by atoms with E-state index in [1.54, 1.807) is 0 Å². The third kappa shape index (κ3) is 6.52. The van der Waals surface area contributed by atoms with Crippen LogP contribution in [0.3, 0.4) is 0 Å². The Balaban J connectivity index is 3.93. The second kappa shape index (κ2) is 7.42. The highest BCUT2D eigenvalue weighted by molar-refractivity contribution is 5.91. The molecule has 0 unspecified atom stereocenters. The first-order chi connectivity index (χ1) is 6.57. The van der Waals surface area contributed by atoms with Crippen LogP contribution in [0.25, 0.3) is 0 Å². The molecule has 0 aliphatic carbocycles. The second-order valence-corrected chi connectivity index (χ2v) is 3.79. The molecule has 0 saturated carbocycles. The van der Waals surface area contributed by atoms with E-state index in [2.05, 4.69) is 6.92 Å². The number of carbonyl (C=O) groups is 1. The van der Waals surface area contributed by atoms with Crippen LogP contribution in [0.2, 0.25) is 0 Å². The second-order valence-electron chi connectivity index (χ2n) is 3.79. The van der Waals surface area contributed by atoms with Crippen molar-refractivity contribution in [3.8, 4) is 0 Å². The third-order valence-electron chi connectivity index (χ3n) is 2.03. The molecule has 2 N–H and O–H groups in total. The lowest BCUT2D eigenvalue weighted by molar-refractivity contribution is -0.114. The highest BCUT2D eigenvalue weighted by atomic mass is 16.1. The van der Waals surface area contributed by atoms with E-state index in [-0.39, 0.29) is 5.91 Å². The predicted molar refractivity (Wildman–Crippen MR) is 59.7 cm³/mol. The Hall–Kier alpha value is -0.990. The van der Waals surface area contributed by atoms with Crippen LogP contribution in [0.1, 0.15) is 39.0 Å². The van der Waals surface area contributed by atoms with E-state index in [1.807, 2.05) is 25.2 Å². The van der Waals surface area contributed by atoms with E-state index < -0.39 is 0 Å². The van der Waals surface area contributed by atoms with Gasteiger partial charge in [0.05, 0.1) is 0 Å². The monoisotopic (exact) mass is 198 g/mol. The summed E-state index contributed by atoms with van der Waals surface area (Å²) in [4.78, 5) is 12.9. The van der Waals surface area contributed by atoms with E-state index in [9.17, 15) is 4.79 Å². The minimum Gasteiger partial charge on any atom is -0.383 e. The highest BCUT2D eigenvalue weighted by Crippen LogP contribution is 2.10. The summed E-state index contributed by atoms with van der Waals surface area (Å²) < 4.78 is 0. The first-order valence-corrected chi connectivity index (χ1v) is 5.24. The van der Waals surface area contributed by atoms with Gasteiger partial charge >= 0.3 is 0 Å². The predicted octanol–water partition coefficient (Wildman–Crippen LogP) is 1.89. The average molecular weight is 198 g/mol. The summed E-state index contributed by atoms with van der Waals surface area (Å²) in [5.74, 6) is -0.296. The number of rotatable bonds is 7. The molecule has 0 fully saturated rings. The van der Waals surface area contributed by atoms with Crippen LogP contribution in [0.15, 0.2) is 11.8 Å². The van der Waals surface area contributed by atoms with Crippen molar-refractivity contribution in [2.24, 2.45) is 5.73 Å². The fourth-order valence-electron chi connectivity index (χ4n) is 1.31. The quantitative estimate of drug-likeness (QED) is 0.501. The average Bonchev–Trinajstić information content (AvgIpc) is 2.09. The van der Waals surface area contributed by atoms with Crippen molar-refractivity contribution in [2.75, 3.05) is 14.1 Å². The zero-order chi connectivity index (χ0) is 11.0. The topological polar surface area (TPSA) is 46.3 Å². The van der Waals surface area contributed by atoms with Crippen LogP contribution in [0.5, 0.6) is 0 Å². The molecule has 0 atom stereocenters. The van der Waals surface area contributed by atoms with Gasteiger partial charge in [0.1, 0.15) is 0 Å². The molecule has 3 heteroatoms. The summed E-state index contributed by atoms with van der Waals surface area (Å²) in [6.45, 7) is 2.17. The minimum absolute atomic E-state index is 0.296. The summed E-state index contributed by atoms with van der Waals surface area (Å²) >= 11 is 0. The summed E-state index contributed by atoms with van der Waals surface area (Å²) in [7, 11) is 3.80. The molecular formula is C11H22N2O. The van der Waals surface area contributed by atoms with Gasteiger partial charge in [-0.25, -0.2) is 0 Å². The van der Waals surface area contributed by atoms with Crippen LogP contribution in [0.4, 0.5) is 0 Å². The van der Waals surface area contributed by atoms with Crippen molar-refractivity contribution >= 4 is 5.91 Å². The molecule has 0 aliphatic heterocycles. The van der Waals surface area contributed by atoms with Gasteiger partial charge in [0, 0.05) is 25.9 Å². The third-order valence-corrected chi connectivity index (χ3v) is 2.03. The lowest BCUT2D eigenvalue weighted by Gasteiger charge is -2.09. The van der Waals surface area contributed by atoms with Gasteiger partial charge in [-0.15, -0.1) is 0 Å². The number of amides is 1. The summed E-state index contributed by atoms with van der Waals surface area (Å²) in [6.07, 6.45) is 7.28. The maximum absolute atomic E-state index is 11.0. The summed E-state index contributed by atoms with van der Waals surface area (Å²) in [5.41, 5.74) is 5.99. The van der Waals surface area contributed by atoms with E-state index >= 15 is 0 Å². The molecule has 0 aromatic heterocycles. The molecule has 0 bridgehead atoms. The van der Waals surface area contributed by atoms with Crippen molar-refractivity contribution < 1.29 is 4.79 Å². The number of carbonyl (C=O) groups excluding carboxylic acids is 1. The molecule has 0 aliphatic rings. The maximum atomic E-state index is 11.0. The molecule has 14 heavy (non-hydrogen) atoms. The first kappa shape index (κ1) is 13.0. The Morgan fingerprint density at radius 3 is 2.36 bits per heavy atom. The number of nitrogens with zero attached hydrogens (tertiary/aromatic N) is 1. The Bertz CT molecular complexity index is 197. The molecule has 0 heterocycles. The van der Waals surface area contributed by atoms with Gasteiger partial charge in [0.2, 0.25) is 5.91 Å². The molecule has 0 rings (SSSR count). The molecule has 0 saturated heterocycles. The fourth-order valence-corrected chi connectivity index (χ4v) is 1.31. The Morgan fingerprint density at radius 2 is 1.93 bits per heavy atom. The standard InChI is InChI=1S/C11H22N2O/c1-4-5-6-7-8-10(11(12)14)9-13(2)3/h9H,4-8H2,1-3H3,(H2,12,14)/b10-9+. The van der Waals surface area contributed by atoms with Crippen molar-refractivity contribution in [1.29, 1.82) is 0 Å². The molecule has 0 aromatic rings. The van der Waals surface area contributed by atoms with Crippen LogP contribution >= 0.6 is 0 Å². The summed E-state index contributed by atoms with van der Waals surface area (Å²) in [5, 5.41) is 0. The molecule has 1 amide bonds. The van der Waals surface area contributed by atoms with Crippen LogP contribution in [-0.4, -0.2) is 24.9 Å². The molecule has 0 aromatic carbocycles. The zero-order valence-corrected chi connectivity index (χ0v) is 9.55. The lowest BCUT2D eigenvalue weighted by atomic mass is 10.1. The molecule has 0 spiro atoms. The van der Waals surface area contributed by atoms with Crippen molar-refractivity contribution in [3.05, 3.63) is 11.8 Å². The van der Waals surface area contributed by atoms with E-state index in [1.165, 1.54) is 19.3 Å². The normalized spacial score (nSPS) is 11.5. The van der Waals surface area contributed by atoms with Crippen molar-refractivity contribution in [3.63, 3.8) is 0 Å². The highest BCUT2D eigenvalue weighted by Gasteiger charge is 2.04. The number of nitrogens with two attached hydrogens (primary N) is 1. The van der Waals surface area contributed by atoms with Gasteiger partial charge in [0.15, 0.2) is 0 Å². The minimum atomic E-state index is -0.296. The molecule has 82 valence electrons. The lowest BCUT2D eigenvalue weighted by Crippen LogP contribution is -2.17. The first-order valence-electron chi connectivity index (χ1n) is 5.24. The number of unbranched alkanes of at least 4 members (excludes halogenated alkanes) is 3. The Kier molecular flexibility index (Phi) is 6.89. The number of primary amides is 1. The maximum Gasteiger partial charge on any atom is 0.246 e. The number of hydrogen-bond donors (Lipinski definition) is 1. The van der Waals surface area contributed by atoms with Gasteiger partial charge in [-0.3, -0.25) is 4.79 Å². The van der Waals surface area contributed by atoms with Gasteiger partial charge in [-0.1, -0.05) is 26.2 Å². The largest absolute Gasteiger partial charge is 0.383 e. The van der Waals surface area contributed by atoms with E-state index in [0.717, 1.165) is 18.4 Å².